The van der Waals surface area contributed by atoms with Crippen LogP contribution in [-0.4, -0.2) is 34.3 Å². The van der Waals surface area contributed by atoms with Gasteiger partial charge in [-0.2, -0.15) is 5.26 Å². The molecule has 1 aromatic rings. The molecule has 0 saturated heterocycles. The Bertz CT molecular complexity index is 489. The van der Waals surface area contributed by atoms with Gasteiger partial charge in [0.1, 0.15) is 11.8 Å². The van der Waals surface area contributed by atoms with Gasteiger partial charge in [-0.05, 0) is 25.0 Å². The molecule has 1 amide bonds. The van der Waals surface area contributed by atoms with Crippen LogP contribution in [0.1, 0.15) is 48.2 Å². The van der Waals surface area contributed by atoms with Crippen LogP contribution < -0.4 is 0 Å². The van der Waals surface area contributed by atoms with E-state index in [4.69, 9.17) is 16.9 Å². The molecule has 0 atom stereocenters. The van der Waals surface area contributed by atoms with Gasteiger partial charge >= 0.3 is 0 Å². The number of carbonyl (C=O) groups excluding carboxylic acids is 1. The maximum absolute atomic E-state index is 12.6. The fourth-order valence-electron chi connectivity index (χ4n) is 2.67. The maximum Gasteiger partial charge on any atom is 0.272 e. The Kier molecular flexibility index (Phi) is 5.37. The number of nitrogens with zero attached hydrogens (tertiary/aromatic N) is 3. The minimum atomic E-state index is -0.0814. The summed E-state index contributed by atoms with van der Waals surface area (Å²) in [6, 6.07) is 5.51. The Hall–Kier alpha value is -1.60. The lowest BCUT2D eigenvalue weighted by Gasteiger charge is -2.33. The van der Waals surface area contributed by atoms with E-state index in [0.717, 1.165) is 25.7 Å². The first-order chi connectivity index (χ1) is 9.76. The van der Waals surface area contributed by atoms with Gasteiger partial charge in [-0.3, -0.25) is 4.79 Å². The third-order valence-electron chi connectivity index (χ3n) is 3.71. The van der Waals surface area contributed by atoms with E-state index in [1.54, 1.807) is 12.1 Å². The lowest BCUT2D eigenvalue weighted by molar-refractivity contribution is 0.0643. The highest BCUT2D eigenvalue weighted by Crippen LogP contribution is 2.23. The summed E-state index contributed by atoms with van der Waals surface area (Å²) in [5.41, 5.74) is 0.850. The molecule has 5 heteroatoms. The minimum absolute atomic E-state index is 0.0814. The van der Waals surface area contributed by atoms with E-state index in [1.807, 2.05) is 11.0 Å². The molecule has 106 valence electrons. The zero-order valence-electron chi connectivity index (χ0n) is 11.4. The van der Waals surface area contributed by atoms with E-state index >= 15 is 0 Å². The van der Waals surface area contributed by atoms with Crippen LogP contribution in [0.3, 0.4) is 0 Å². The summed E-state index contributed by atoms with van der Waals surface area (Å²) < 4.78 is 0. The fourth-order valence-corrected chi connectivity index (χ4v) is 2.85. The van der Waals surface area contributed by atoms with Crippen LogP contribution in [0.15, 0.2) is 18.3 Å². The Morgan fingerprint density at radius 3 is 2.70 bits per heavy atom. The maximum atomic E-state index is 12.6. The molecule has 0 spiro atoms. The van der Waals surface area contributed by atoms with Gasteiger partial charge in [-0.1, -0.05) is 19.3 Å². The van der Waals surface area contributed by atoms with Crippen molar-refractivity contribution in [1.29, 1.82) is 5.26 Å². The molecule has 0 aromatic carbocycles. The van der Waals surface area contributed by atoms with Gasteiger partial charge in [-0.15, -0.1) is 11.6 Å². The smallest absolute Gasteiger partial charge is 0.272 e. The molecule has 1 saturated carbocycles. The van der Waals surface area contributed by atoms with Gasteiger partial charge < -0.3 is 4.90 Å². The van der Waals surface area contributed by atoms with Crippen molar-refractivity contribution < 1.29 is 4.79 Å². The van der Waals surface area contributed by atoms with Gasteiger partial charge in [0.15, 0.2) is 0 Å². The molecule has 0 radical (unpaired) electrons. The number of hydrogen-bond acceptors (Lipinski definition) is 3. The first-order valence-electron chi connectivity index (χ1n) is 6.99. The second kappa shape index (κ2) is 7.25. The van der Waals surface area contributed by atoms with Crippen LogP contribution >= 0.6 is 11.6 Å². The Labute approximate surface area is 124 Å². The van der Waals surface area contributed by atoms with Crippen molar-refractivity contribution in [2.45, 2.75) is 38.1 Å². The van der Waals surface area contributed by atoms with Crippen molar-refractivity contribution in [3.63, 3.8) is 0 Å². The number of pyridine rings is 1. The van der Waals surface area contributed by atoms with Crippen LogP contribution in [0.2, 0.25) is 0 Å². The first kappa shape index (κ1) is 14.8. The van der Waals surface area contributed by atoms with E-state index in [9.17, 15) is 4.79 Å². The summed E-state index contributed by atoms with van der Waals surface area (Å²) in [6.07, 6.45) is 7.09. The van der Waals surface area contributed by atoms with Crippen molar-refractivity contribution in [3.05, 3.63) is 29.6 Å². The average molecular weight is 292 g/mol. The predicted molar refractivity (Wildman–Crippen MR) is 77.6 cm³/mol. The SMILES string of the molecule is N#Cc1ccc(C(=O)N(CCCl)C2CCCCC2)nc1. The number of carbonyl (C=O) groups is 1. The summed E-state index contributed by atoms with van der Waals surface area (Å²) >= 11 is 5.84. The normalized spacial score (nSPS) is 15.6. The van der Waals surface area contributed by atoms with Gasteiger partial charge in [0, 0.05) is 24.7 Å². The molecule has 1 aromatic heterocycles. The summed E-state index contributed by atoms with van der Waals surface area (Å²) in [5.74, 6) is 0.348. The number of nitriles is 1. The molecule has 2 rings (SSSR count). The van der Waals surface area contributed by atoms with Gasteiger partial charge in [0.25, 0.3) is 5.91 Å². The molecule has 1 aliphatic carbocycles. The van der Waals surface area contributed by atoms with Crippen molar-refractivity contribution in [3.8, 4) is 6.07 Å². The predicted octanol–water partition coefficient (Wildman–Crippen LogP) is 2.97. The lowest BCUT2D eigenvalue weighted by Crippen LogP contribution is -2.43. The van der Waals surface area contributed by atoms with Gasteiger partial charge in [0.05, 0.1) is 5.56 Å². The lowest BCUT2D eigenvalue weighted by atomic mass is 9.94. The second-order valence-corrected chi connectivity index (χ2v) is 5.40. The van der Waals surface area contributed by atoms with Crippen molar-refractivity contribution in [2.75, 3.05) is 12.4 Å². The summed E-state index contributed by atoms with van der Waals surface area (Å²) in [4.78, 5) is 18.5. The van der Waals surface area contributed by atoms with Crippen LogP contribution in [-0.2, 0) is 0 Å². The molecule has 1 aliphatic rings. The number of amides is 1. The highest BCUT2D eigenvalue weighted by molar-refractivity contribution is 6.18. The topological polar surface area (TPSA) is 57.0 Å². The van der Waals surface area contributed by atoms with Crippen molar-refractivity contribution in [2.24, 2.45) is 0 Å². The minimum Gasteiger partial charge on any atom is -0.333 e. The van der Waals surface area contributed by atoms with Crippen molar-refractivity contribution >= 4 is 17.5 Å². The zero-order chi connectivity index (χ0) is 14.4. The van der Waals surface area contributed by atoms with Gasteiger partial charge in [0.2, 0.25) is 0 Å². The third-order valence-corrected chi connectivity index (χ3v) is 3.88. The Balaban J connectivity index is 2.14. The number of alkyl halides is 1. The number of hydrogen-bond donors (Lipinski definition) is 0. The van der Waals surface area contributed by atoms with Gasteiger partial charge in [-0.25, -0.2) is 4.98 Å². The van der Waals surface area contributed by atoms with E-state index < -0.39 is 0 Å². The summed E-state index contributed by atoms with van der Waals surface area (Å²) in [7, 11) is 0. The Morgan fingerprint density at radius 2 is 2.15 bits per heavy atom. The van der Waals surface area contributed by atoms with E-state index in [0.29, 0.717) is 23.7 Å². The number of halogens is 1. The van der Waals surface area contributed by atoms with Crippen LogP contribution in [0.4, 0.5) is 0 Å². The Morgan fingerprint density at radius 1 is 1.40 bits per heavy atom. The monoisotopic (exact) mass is 291 g/mol. The highest BCUT2D eigenvalue weighted by atomic mass is 35.5. The summed E-state index contributed by atoms with van der Waals surface area (Å²) in [5, 5.41) is 8.76. The van der Waals surface area contributed by atoms with E-state index in [-0.39, 0.29) is 11.9 Å². The van der Waals surface area contributed by atoms with Crippen LogP contribution in [0.5, 0.6) is 0 Å². The number of rotatable bonds is 4. The largest absolute Gasteiger partial charge is 0.333 e. The molecule has 0 unspecified atom stereocenters. The third kappa shape index (κ3) is 3.49. The van der Waals surface area contributed by atoms with Crippen molar-refractivity contribution in [1.82, 2.24) is 9.88 Å². The first-order valence-corrected chi connectivity index (χ1v) is 7.53. The quantitative estimate of drug-likeness (QED) is 0.801. The molecule has 0 N–H and O–H groups in total. The van der Waals surface area contributed by atoms with E-state index in [2.05, 4.69) is 4.98 Å². The standard InChI is InChI=1S/C15H18ClN3O/c16-8-9-19(13-4-2-1-3-5-13)15(20)14-7-6-12(10-17)11-18-14/h6-7,11,13H,1-5,8-9H2. The van der Waals surface area contributed by atoms with E-state index in [1.165, 1.54) is 12.6 Å². The molecule has 0 aliphatic heterocycles. The molecule has 1 fully saturated rings. The molecular weight excluding hydrogens is 274 g/mol. The fraction of sp³-hybridized carbons (Fsp3) is 0.533. The molecule has 20 heavy (non-hydrogen) atoms. The molecule has 4 nitrogen and oxygen atoms in total. The zero-order valence-corrected chi connectivity index (χ0v) is 12.1. The molecule has 0 bridgehead atoms. The highest BCUT2D eigenvalue weighted by Gasteiger charge is 2.26. The average Bonchev–Trinajstić information content (AvgIpc) is 2.53. The number of aromatic nitrogens is 1. The summed E-state index contributed by atoms with van der Waals surface area (Å²) in [6.45, 7) is 0.548. The van der Waals surface area contributed by atoms with Crippen LogP contribution in [0.25, 0.3) is 0 Å². The second-order valence-electron chi connectivity index (χ2n) is 5.02. The molecular formula is C15H18ClN3O. The van der Waals surface area contributed by atoms with Crippen LogP contribution in [0, 0.1) is 11.3 Å². The molecule has 1 heterocycles.